The topological polar surface area (TPSA) is 118 Å². The number of rotatable bonds is 2. The Bertz CT molecular complexity index is 137. The number of carboxylic acid groups (broad SMARTS) is 1. The van der Waals surface area contributed by atoms with Gasteiger partial charge in [-0.1, -0.05) is 0 Å². The molecular weight excluding hydrogens is 227 g/mol. The molecule has 7 heteroatoms. The Morgan fingerprint density at radius 1 is 1.15 bits per heavy atom. The first-order chi connectivity index (χ1) is 5.29. The monoisotopic (exact) mass is 239 g/mol. The molecule has 0 saturated heterocycles. The van der Waals surface area contributed by atoms with Crippen LogP contribution >= 0.6 is 0 Å². The number of carboxylic acids is 1. The Balaban J connectivity index is -0.000000143. The summed E-state index contributed by atoms with van der Waals surface area (Å²) in [5.41, 5.74) is 0. The fraction of sp³-hybridized carbons (Fsp3) is 0.667. The first kappa shape index (κ1) is 18.2. The van der Waals surface area contributed by atoms with Crippen LogP contribution in [0, 0.1) is 0 Å². The van der Waals surface area contributed by atoms with Gasteiger partial charge in [-0.15, -0.1) is 0 Å². The third kappa shape index (κ3) is 18.4. The minimum absolute atomic E-state index is 0. The van der Waals surface area contributed by atoms with Gasteiger partial charge >= 0.3 is 11.9 Å². The van der Waals surface area contributed by atoms with Gasteiger partial charge in [-0.3, -0.25) is 0 Å². The molecule has 5 N–H and O–H groups in total. The smallest absolute Gasteiger partial charge is 0.544 e. The van der Waals surface area contributed by atoms with Crippen LogP contribution < -0.4 is 0 Å². The molecule has 2 unspecified atom stereocenters. The molecule has 0 aromatic heterocycles. The summed E-state index contributed by atoms with van der Waals surface area (Å²) in [6, 6.07) is 0. The number of aliphatic carboxylic acids is 1. The molecule has 0 heterocycles. The minimum Gasteiger partial charge on any atom is -0.563 e. The SMILES string of the molecule is CC(O)C(=O)O.CC(O)C(=O)[OH2+].[Ni]. The van der Waals surface area contributed by atoms with E-state index in [9.17, 15) is 9.59 Å². The molecule has 0 fully saturated rings. The van der Waals surface area contributed by atoms with Crippen molar-refractivity contribution >= 4 is 11.9 Å². The van der Waals surface area contributed by atoms with Crippen molar-refractivity contribution in [2.75, 3.05) is 0 Å². The largest absolute Gasteiger partial charge is 0.563 e. The normalized spacial score (nSPS) is 12.6. The van der Waals surface area contributed by atoms with Crippen molar-refractivity contribution in [3.8, 4) is 0 Å². The van der Waals surface area contributed by atoms with Gasteiger partial charge in [0, 0.05) is 21.3 Å². The summed E-state index contributed by atoms with van der Waals surface area (Å²) in [6.45, 7) is 2.46. The van der Waals surface area contributed by atoms with E-state index in [4.69, 9.17) is 20.4 Å². The number of aliphatic hydroxyl groups excluding tert-OH is 2. The molecule has 0 aromatic rings. The summed E-state index contributed by atoms with van der Waals surface area (Å²) in [7, 11) is 0. The molecule has 0 rings (SSSR count). The Morgan fingerprint density at radius 2 is 1.31 bits per heavy atom. The summed E-state index contributed by atoms with van der Waals surface area (Å²) in [5, 5.41) is 30.0. The molecule has 0 bridgehead atoms. The van der Waals surface area contributed by atoms with Crippen molar-refractivity contribution in [1.29, 1.82) is 0 Å². The van der Waals surface area contributed by atoms with E-state index in [2.05, 4.69) is 0 Å². The fourth-order valence-electron chi connectivity index (χ4n) is 0. The maximum Gasteiger partial charge on any atom is 0.544 e. The van der Waals surface area contributed by atoms with Gasteiger partial charge < -0.3 is 20.4 Å². The second-order valence-electron chi connectivity index (χ2n) is 2.05. The van der Waals surface area contributed by atoms with Crippen molar-refractivity contribution in [2.24, 2.45) is 0 Å². The molecule has 0 aliphatic carbocycles. The van der Waals surface area contributed by atoms with Crippen LogP contribution in [-0.4, -0.2) is 44.6 Å². The predicted molar refractivity (Wildman–Crippen MR) is 39.6 cm³/mol. The Hall–Kier alpha value is -0.646. The van der Waals surface area contributed by atoms with Gasteiger partial charge in [-0.25, -0.2) is 4.79 Å². The van der Waals surface area contributed by atoms with Crippen molar-refractivity contribution < 1.29 is 46.5 Å². The van der Waals surface area contributed by atoms with E-state index in [0.717, 1.165) is 0 Å². The third-order valence-corrected chi connectivity index (χ3v) is 0.737. The number of aliphatic hydroxyl groups is 2. The Kier molecular flexibility index (Phi) is 13.2. The Labute approximate surface area is 85.1 Å². The first-order valence-electron chi connectivity index (χ1n) is 3.13. The van der Waals surface area contributed by atoms with Crippen molar-refractivity contribution in [3.05, 3.63) is 0 Å². The van der Waals surface area contributed by atoms with Crippen molar-refractivity contribution in [1.82, 2.24) is 0 Å². The summed E-state index contributed by atoms with van der Waals surface area (Å²) in [5.74, 6) is -2.12. The van der Waals surface area contributed by atoms with Crippen LogP contribution in [-0.2, 0) is 26.1 Å². The molecule has 0 aliphatic rings. The van der Waals surface area contributed by atoms with E-state index in [1.165, 1.54) is 13.8 Å². The number of hydrogen-bond donors (Lipinski definition) is 3. The van der Waals surface area contributed by atoms with Crippen LogP contribution in [0.1, 0.15) is 13.8 Å². The number of carbonyl (C=O) groups excluding carboxylic acids is 1. The average Bonchev–Trinajstić information content (AvgIpc) is 1.88. The summed E-state index contributed by atoms with van der Waals surface area (Å²) in [4.78, 5) is 19.0. The van der Waals surface area contributed by atoms with E-state index in [-0.39, 0.29) is 16.5 Å². The van der Waals surface area contributed by atoms with Crippen LogP contribution in [0.25, 0.3) is 0 Å². The van der Waals surface area contributed by atoms with Gasteiger partial charge in [0.25, 0.3) is 0 Å². The quantitative estimate of drug-likeness (QED) is 0.383. The minimum atomic E-state index is -1.23. The zero-order valence-electron chi connectivity index (χ0n) is 7.13. The zero-order chi connectivity index (χ0) is 10.3. The van der Waals surface area contributed by atoms with E-state index in [1.54, 1.807) is 0 Å². The van der Waals surface area contributed by atoms with Crippen LogP contribution in [0.3, 0.4) is 0 Å². The molecule has 0 saturated carbocycles. The van der Waals surface area contributed by atoms with Gasteiger partial charge in [-0.05, 0) is 13.8 Å². The summed E-state index contributed by atoms with van der Waals surface area (Å²) < 4.78 is 0. The molecule has 0 amide bonds. The third-order valence-electron chi connectivity index (χ3n) is 0.737. The maximum absolute atomic E-state index is 9.56. The van der Waals surface area contributed by atoms with E-state index < -0.39 is 24.1 Å². The number of carbonyl (C=O) groups is 2. The van der Waals surface area contributed by atoms with E-state index >= 15 is 0 Å². The zero-order valence-corrected chi connectivity index (χ0v) is 8.12. The number of hydrogen-bond acceptors (Lipinski definition) is 4. The summed E-state index contributed by atoms with van der Waals surface area (Å²) in [6.07, 6.45) is -2.35. The standard InChI is InChI=1S/2C3H6O3.Ni/c2*1-2(4)3(5)6;/h2*2,4H,1H3,(H,5,6);/p+1. The van der Waals surface area contributed by atoms with Crippen LogP contribution in [0.2, 0.25) is 0 Å². The first-order valence-corrected chi connectivity index (χ1v) is 3.13. The maximum atomic E-state index is 9.56. The van der Waals surface area contributed by atoms with Crippen LogP contribution in [0.5, 0.6) is 0 Å². The molecule has 0 radical (unpaired) electrons. The second-order valence-corrected chi connectivity index (χ2v) is 2.05. The molecule has 0 aliphatic heterocycles. The molecule has 13 heavy (non-hydrogen) atoms. The molecule has 0 spiro atoms. The van der Waals surface area contributed by atoms with E-state index in [0.29, 0.717) is 0 Å². The molecule has 82 valence electrons. The van der Waals surface area contributed by atoms with Gasteiger partial charge in [-0.2, -0.15) is 0 Å². The van der Waals surface area contributed by atoms with Gasteiger partial charge in [0.2, 0.25) is 6.10 Å². The van der Waals surface area contributed by atoms with Crippen molar-refractivity contribution in [2.45, 2.75) is 26.1 Å². The molecule has 2 atom stereocenters. The molecular formula is C6H13NiO6+. The van der Waals surface area contributed by atoms with Gasteiger partial charge in [0.05, 0.1) is 0 Å². The molecule has 0 aromatic carbocycles. The molecule has 6 nitrogen and oxygen atoms in total. The fourth-order valence-corrected chi connectivity index (χ4v) is 0. The summed E-state index contributed by atoms with van der Waals surface area (Å²) >= 11 is 0. The van der Waals surface area contributed by atoms with Crippen LogP contribution in [0.15, 0.2) is 0 Å². The average molecular weight is 240 g/mol. The van der Waals surface area contributed by atoms with Gasteiger partial charge in [0.1, 0.15) is 6.10 Å². The van der Waals surface area contributed by atoms with Gasteiger partial charge in [0.15, 0.2) is 0 Å². The predicted octanol–water partition coefficient (Wildman–Crippen LogP) is -1.93. The second kappa shape index (κ2) is 9.44. The van der Waals surface area contributed by atoms with Crippen molar-refractivity contribution in [3.63, 3.8) is 0 Å². The Morgan fingerprint density at radius 3 is 1.31 bits per heavy atom. The van der Waals surface area contributed by atoms with Crippen LogP contribution in [0.4, 0.5) is 0 Å². The van der Waals surface area contributed by atoms with E-state index in [1.807, 2.05) is 0 Å².